The van der Waals surface area contributed by atoms with Crippen molar-refractivity contribution in [2.45, 2.75) is 32.4 Å². The van der Waals surface area contributed by atoms with Gasteiger partial charge in [-0.2, -0.15) is 0 Å². The molecule has 6 heteroatoms. The topological polar surface area (TPSA) is 72.4 Å². The molecular formula is C12H17N3O3. The van der Waals surface area contributed by atoms with E-state index in [2.05, 4.69) is 9.97 Å². The van der Waals surface area contributed by atoms with Crippen LogP contribution in [0.5, 0.6) is 0 Å². The number of hydrogen-bond donors (Lipinski definition) is 0. The van der Waals surface area contributed by atoms with Crippen LogP contribution in [0.2, 0.25) is 0 Å². The van der Waals surface area contributed by atoms with E-state index in [1.165, 1.54) is 24.5 Å². The molecule has 0 aromatic carbocycles. The van der Waals surface area contributed by atoms with Gasteiger partial charge < -0.3 is 9.53 Å². The van der Waals surface area contributed by atoms with Crippen LogP contribution in [0.1, 0.15) is 32.5 Å². The van der Waals surface area contributed by atoms with Crippen LogP contribution in [0, 0.1) is 0 Å². The predicted molar refractivity (Wildman–Crippen MR) is 64.8 cm³/mol. The van der Waals surface area contributed by atoms with E-state index in [1.807, 2.05) is 0 Å². The molecule has 0 saturated carbocycles. The van der Waals surface area contributed by atoms with Crippen molar-refractivity contribution >= 4 is 12.4 Å². The number of hydrogen-bond acceptors (Lipinski definition) is 5. The third-order valence-electron chi connectivity index (χ3n) is 2.14. The molecule has 1 heterocycles. The van der Waals surface area contributed by atoms with E-state index < -0.39 is 17.7 Å². The Balaban J connectivity index is 2.84. The van der Waals surface area contributed by atoms with Gasteiger partial charge in [-0.05, 0) is 26.8 Å². The molecule has 98 valence electrons. The van der Waals surface area contributed by atoms with E-state index in [0.717, 1.165) is 0 Å². The Morgan fingerprint density at radius 2 is 2.17 bits per heavy atom. The van der Waals surface area contributed by atoms with Gasteiger partial charge in [0.25, 0.3) is 0 Å². The summed E-state index contributed by atoms with van der Waals surface area (Å²) in [7, 11) is 1.50. The van der Waals surface area contributed by atoms with E-state index in [4.69, 9.17) is 4.74 Å². The van der Waals surface area contributed by atoms with E-state index in [-0.39, 0.29) is 0 Å². The summed E-state index contributed by atoms with van der Waals surface area (Å²) in [6.07, 6.45) is 2.92. The fourth-order valence-electron chi connectivity index (χ4n) is 1.28. The largest absolute Gasteiger partial charge is 0.444 e. The minimum absolute atomic E-state index is 0.452. The van der Waals surface area contributed by atoms with Crippen LogP contribution < -0.4 is 0 Å². The fourth-order valence-corrected chi connectivity index (χ4v) is 1.28. The second-order valence-electron chi connectivity index (χ2n) is 4.81. The summed E-state index contributed by atoms with van der Waals surface area (Å²) in [6, 6.07) is 0.808. The molecule has 1 rings (SSSR count). The zero-order valence-corrected chi connectivity index (χ0v) is 11.0. The van der Waals surface area contributed by atoms with Crippen LogP contribution in [-0.2, 0) is 9.53 Å². The van der Waals surface area contributed by atoms with Crippen molar-refractivity contribution in [3.8, 4) is 0 Å². The van der Waals surface area contributed by atoms with Crippen molar-refractivity contribution in [2.24, 2.45) is 0 Å². The quantitative estimate of drug-likeness (QED) is 0.763. The number of aromatic nitrogens is 2. The number of rotatable bonds is 3. The average Bonchev–Trinajstić information content (AvgIpc) is 2.29. The third kappa shape index (κ3) is 3.80. The number of amides is 1. The maximum atomic E-state index is 11.8. The first-order chi connectivity index (χ1) is 8.35. The van der Waals surface area contributed by atoms with Crippen LogP contribution in [0.25, 0.3) is 0 Å². The predicted octanol–water partition coefficient (Wildman–Crippen LogP) is 1.58. The highest BCUT2D eigenvalue weighted by Gasteiger charge is 2.26. The zero-order chi connectivity index (χ0) is 13.8. The highest BCUT2D eigenvalue weighted by atomic mass is 16.6. The molecule has 0 saturated heterocycles. The molecule has 18 heavy (non-hydrogen) atoms. The zero-order valence-electron chi connectivity index (χ0n) is 11.0. The highest BCUT2D eigenvalue weighted by molar-refractivity contribution is 5.74. The smallest absolute Gasteiger partial charge is 0.410 e. The Labute approximate surface area is 106 Å². The van der Waals surface area contributed by atoms with Gasteiger partial charge in [0.2, 0.25) is 0 Å². The third-order valence-corrected chi connectivity index (χ3v) is 2.14. The molecule has 0 aliphatic carbocycles. The second kappa shape index (κ2) is 5.57. The van der Waals surface area contributed by atoms with E-state index in [1.54, 1.807) is 26.8 Å². The molecule has 0 bridgehead atoms. The second-order valence-corrected chi connectivity index (χ2v) is 4.81. The van der Waals surface area contributed by atoms with Crippen molar-refractivity contribution in [2.75, 3.05) is 7.05 Å². The number of aldehydes is 1. The van der Waals surface area contributed by atoms with Gasteiger partial charge in [0.05, 0.1) is 5.69 Å². The van der Waals surface area contributed by atoms with Gasteiger partial charge in [0.15, 0.2) is 0 Å². The molecule has 1 amide bonds. The van der Waals surface area contributed by atoms with Gasteiger partial charge in [-0.25, -0.2) is 14.8 Å². The van der Waals surface area contributed by atoms with E-state index in [0.29, 0.717) is 12.0 Å². The maximum Gasteiger partial charge on any atom is 0.410 e. The van der Waals surface area contributed by atoms with Crippen LogP contribution in [-0.4, -0.2) is 39.9 Å². The van der Waals surface area contributed by atoms with Crippen molar-refractivity contribution in [1.82, 2.24) is 14.9 Å². The molecule has 0 spiro atoms. The summed E-state index contributed by atoms with van der Waals surface area (Å²) in [6.45, 7) is 5.29. The number of carbonyl (C=O) groups is 2. The number of likely N-dealkylation sites (N-methyl/N-ethyl adjacent to an activating group) is 1. The molecule has 1 aromatic rings. The Bertz CT molecular complexity index is 414. The van der Waals surface area contributed by atoms with Crippen LogP contribution in [0.15, 0.2) is 18.6 Å². The van der Waals surface area contributed by atoms with Crippen LogP contribution in [0.3, 0.4) is 0 Å². The summed E-state index contributed by atoms with van der Waals surface area (Å²) in [5, 5.41) is 0. The minimum Gasteiger partial charge on any atom is -0.444 e. The van der Waals surface area contributed by atoms with Crippen molar-refractivity contribution in [3.63, 3.8) is 0 Å². The highest BCUT2D eigenvalue weighted by Crippen LogP contribution is 2.17. The Kier molecular flexibility index (Phi) is 4.36. The Morgan fingerprint density at radius 1 is 1.50 bits per heavy atom. The van der Waals surface area contributed by atoms with Crippen LogP contribution in [0.4, 0.5) is 4.79 Å². The summed E-state index contributed by atoms with van der Waals surface area (Å²) in [5.74, 6) is 0. The molecule has 0 radical (unpaired) electrons. The van der Waals surface area contributed by atoms with Crippen LogP contribution >= 0.6 is 0 Å². The van der Waals surface area contributed by atoms with Gasteiger partial charge in [0.1, 0.15) is 24.3 Å². The van der Waals surface area contributed by atoms with Gasteiger partial charge in [-0.3, -0.25) is 4.90 Å². The van der Waals surface area contributed by atoms with Gasteiger partial charge in [0, 0.05) is 13.2 Å². The lowest BCUT2D eigenvalue weighted by Gasteiger charge is -2.27. The maximum absolute atomic E-state index is 11.8. The van der Waals surface area contributed by atoms with Crippen molar-refractivity contribution < 1.29 is 14.3 Å². The molecule has 0 fully saturated rings. The Morgan fingerprint density at radius 3 is 2.61 bits per heavy atom. The summed E-state index contributed by atoms with van der Waals surface area (Å²) >= 11 is 0. The fraction of sp³-hybridized carbons (Fsp3) is 0.500. The molecule has 0 aliphatic heterocycles. The lowest BCUT2D eigenvalue weighted by atomic mass is 10.2. The normalized spacial score (nSPS) is 12.7. The first-order valence-electron chi connectivity index (χ1n) is 5.52. The van der Waals surface area contributed by atoms with Gasteiger partial charge >= 0.3 is 6.09 Å². The first-order valence-corrected chi connectivity index (χ1v) is 5.52. The van der Waals surface area contributed by atoms with Crippen molar-refractivity contribution in [3.05, 3.63) is 24.3 Å². The van der Waals surface area contributed by atoms with Crippen molar-refractivity contribution in [1.29, 1.82) is 0 Å². The standard InChI is InChI=1S/C12H17N3O3/c1-12(2,3)18-11(17)15(4)10(7-16)9-5-6-13-8-14-9/h5-8,10H,1-4H3. The van der Waals surface area contributed by atoms with Gasteiger partial charge in [-0.15, -0.1) is 0 Å². The Hall–Kier alpha value is -1.98. The lowest BCUT2D eigenvalue weighted by Crippen LogP contribution is -2.37. The molecule has 6 nitrogen and oxygen atoms in total. The van der Waals surface area contributed by atoms with E-state index in [9.17, 15) is 9.59 Å². The lowest BCUT2D eigenvalue weighted by molar-refractivity contribution is -0.112. The summed E-state index contributed by atoms with van der Waals surface area (Å²) in [5.41, 5.74) is -0.155. The first kappa shape index (κ1) is 14.1. The molecule has 0 aliphatic rings. The number of ether oxygens (including phenoxy) is 1. The molecule has 1 aromatic heterocycles. The molecular weight excluding hydrogens is 234 g/mol. The number of carbonyl (C=O) groups excluding carboxylic acids is 2. The minimum atomic E-state index is -0.775. The molecule has 1 atom stereocenters. The monoisotopic (exact) mass is 251 g/mol. The summed E-state index contributed by atoms with van der Waals surface area (Å²) < 4.78 is 5.19. The molecule has 0 N–H and O–H groups in total. The van der Waals surface area contributed by atoms with Gasteiger partial charge in [-0.1, -0.05) is 0 Å². The average molecular weight is 251 g/mol. The SMILES string of the molecule is CN(C(=O)OC(C)(C)C)C(C=O)c1ccncn1. The number of nitrogens with zero attached hydrogens (tertiary/aromatic N) is 3. The van der Waals surface area contributed by atoms with E-state index >= 15 is 0 Å². The molecule has 1 unspecified atom stereocenters. The summed E-state index contributed by atoms with van der Waals surface area (Å²) in [4.78, 5) is 31.9.